The summed E-state index contributed by atoms with van der Waals surface area (Å²) in [6.45, 7) is 0. The minimum atomic E-state index is -0.840. The highest BCUT2D eigenvalue weighted by molar-refractivity contribution is 5.66. The third-order valence-corrected chi connectivity index (χ3v) is 2.91. The van der Waals surface area contributed by atoms with Crippen LogP contribution in [0.4, 0.5) is 8.78 Å². The van der Waals surface area contributed by atoms with Gasteiger partial charge in [-0.2, -0.15) is 4.98 Å². The summed E-state index contributed by atoms with van der Waals surface area (Å²) in [5.41, 5.74) is 0.287. The van der Waals surface area contributed by atoms with Gasteiger partial charge in [0.1, 0.15) is 11.6 Å². The Bertz CT molecular complexity index is 628. The van der Waals surface area contributed by atoms with E-state index in [4.69, 9.17) is 9.63 Å². The van der Waals surface area contributed by atoms with Gasteiger partial charge < -0.3 is 9.63 Å². The molecule has 112 valence electrons. The van der Waals surface area contributed by atoms with Crippen molar-refractivity contribution in [1.29, 1.82) is 0 Å². The number of rotatable bonds is 7. The van der Waals surface area contributed by atoms with E-state index in [2.05, 4.69) is 10.1 Å². The highest BCUT2D eigenvalue weighted by Gasteiger charge is 2.11. The Kier molecular flexibility index (Phi) is 4.97. The Hall–Kier alpha value is -2.31. The van der Waals surface area contributed by atoms with E-state index >= 15 is 0 Å². The molecule has 2 aromatic rings. The van der Waals surface area contributed by atoms with E-state index in [1.165, 1.54) is 12.1 Å². The van der Waals surface area contributed by atoms with Crippen molar-refractivity contribution in [1.82, 2.24) is 10.1 Å². The number of aromatic nitrogens is 2. The van der Waals surface area contributed by atoms with Gasteiger partial charge in [0.2, 0.25) is 5.89 Å². The van der Waals surface area contributed by atoms with Gasteiger partial charge in [-0.05, 0) is 24.5 Å². The van der Waals surface area contributed by atoms with Crippen LogP contribution in [0.2, 0.25) is 0 Å². The van der Waals surface area contributed by atoms with E-state index in [-0.39, 0.29) is 18.4 Å². The fourth-order valence-electron chi connectivity index (χ4n) is 1.85. The van der Waals surface area contributed by atoms with Gasteiger partial charge in [-0.3, -0.25) is 4.79 Å². The van der Waals surface area contributed by atoms with Crippen molar-refractivity contribution < 1.29 is 23.2 Å². The third-order valence-electron chi connectivity index (χ3n) is 2.91. The molecule has 21 heavy (non-hydrogen) atoms. The number of carboxylic acid groups (broad SMARTS) is 1. The molecular weight excluding hydrogens is 282 g/mol. The number of nitrogens with zero attached hydrogens (tertiary/aromatic N) is 2. The monoisotopic (exact) mass is 296 g/mol. The molecule has 0 spiro atoms. The molecule has 7 heteroatoms. The first-order valence-corrected chi connectivity index (χ1v) is 6.52. The van der Waals surface area contributed by atoms with Gasteiger partial charge in [-0.1, -0.05) is 11.2 Å². The molecular formula is C14H14F2N2O3. The Morgan fingerprint density at radius 1 is 1.29 bits per heavy atom. The molecule has 0 saturated carbocycles. The quantitative estimate of drug-likeness (QED) is 0.795. The molecule has 5 nitrogen and oxygen atoms in total. The zero-order valence-corrected chi connectivity index (χ0v) is 11.2. The lowest BCUT2D eigenvalue weighted by Crippen LogP contribution is -1.97. The standard InChI is InChI=1S/C14H14F2N2O3/c15-10-6-5-9(11(16)8-10)7-12-17-13(21-18-12)3-1-2-4-14(19)20/h5-6,8H,1-4,7H2,(H,19,20). The van der Waals surface area contributed by atoms with E-state index < -0.39 is 17.6 Å². The lowest BCUT2D eigenvalue weighted by molar-refractivity contribution is -0.137. The van der Waals surface area contributed by atoms with Crippen molar-refractivity contribution in [3.63, 3.8) is 0 Å². The summed E-state index contributed by atoms with van der Waals surface area (Å²) < 4.78 is 31.3. The zero-order valence-electron chi connectivity index (χ0n) is 11.2. The van der Waals surface area contributed by atoms with Crippen molar-refractivity contribution in [3.05, 3.63) is 47.1 Å². The molecule has 0 unspecified atom stereocenters. The number of halogens is 2. The van der Waals surface area contributed by atoms with Crippen LogP contribution in [-0.2, 0) is 17.6 Å². The summed E-state index contributed by atoms with van der Waals surface area (Å²) in [5, 5.41) is 12.2. The van der Waals surface area contributed by atoms with E-state index in [1.807, 2.05) is 0 Å². The molecule has 0 aliphatic heterocycles. The molecule has 0 bridgehead atoms. The number of benzene rings is 1. The minimum Gasteiger partial charge on any atom is -0.481 e. The Morgan fingerprint density at radius 3 is 2.81 bits per heavy atom. The Morgan fingerprint density at radius 2 is 2.10 bits per heavy atom. The van der Waals surface area contributed by atoms with Crippen LogP contribution >= 0.6 is 0 Å². The Balaban J connectivity index is 1.89. The van der Waals surface area contributed by atoms with Crippen LogP contribution in [0, 0.1) is 11.6 Å². The summed E-state index contributed by atoms with van der Waals surface area (Å²) in [5.74, 6) is -1.43. The molecule has 0 aliphatic carbocycles. The number of hydrogen-bond donors (Lipinski definition) is 1. The summed E-state index contributed by atoms with van der Waals surface area (Å²) >= 11 is 0. The molecule has 1 heterocycles. The highest BCUT2D eigenvalue weighted by Crippen LogP contribution is 2.14. The number of hydrogen-bond acceptors (Lipinski definition) is 4. The van der Waals surface area contributed by atoms with Crippen LogP contribution in [0.5, 0.6) is 0 Å². The van der Waals surface area contributed by atoms with Gasteiger partial charge in [0.05, 0.1) is 0 Å². The second kappa shape index (κ2) is 6.92. The van der Waals surface area contributed by atoms with Crippen LogP contribution in [0.25, 0.3) is 0 Å². The van der Waals surface area contributed by atoms with E-state index in [0.29, 0.717) is 31.0 Å². The molecule has 1 aromatic heterocycles. The van der Waals surface area contributed by atoms with Gasteiger partial charge in [-0.25, -0.2) is 8.78 Å². The second-order valence-corrected chi connectivity index (χ2v) is 4.62. The molecule has 0 amide bonds. The molecule has 0 saturated heterocycles. The maximum Gasteiger partial charge on any atom is 0.303 e. The van der Waals surface area contributed by atoms with Crippen LogP contribution in [0.3, 0.4) is 0 Å². The van der Waals surface area contributed by atoms with Crippen molar-refractivity contribution in [3.8, 4) is 0 Å². The number of unbranched alkanes of at least 4 members (excludes halogenated alkanes) is 1. The minimum absolute atomic E-state index is 0.0990. The van der Waals surface area contributed by atoms with Crippen LogP contribution < -0.4 is 0 Å². The molecule has 0 aliphatic rings. The highest BCUT2D eigenvalue weighted by atomic mass is 19.1. The molecule has 2 rings (SSSR count). The first-order valence-electron chi connectivity index (χ1n) is 6.52. The zero-order chi connectivity index (χ0) is 15.2. The van der Waals surface area contributed by atoms with E-state index in [9.17, 15) is 13.6 Å². The lowest BCUT2D eigenvalue weighted by Gasteiger charge is -1.99. The fraction of sp³-hybridized carbons (Fsp3) is 0.357. The maximum absolute atomic E-state index is 13.5. The third kappa shape index (κ3) is 4.62. The summed E-state index contributed by atoms with van der Waals surface area (Å²) in [6, 6.07) is 3.32. The lowest BCUT2D eigenvalue weighted by atomic mass is 10.1. The van der Waals surface area contributed by atoms with Crippen LogP contribution in [0.1, 0.15) is 36.5 Å². The largest absolute Gasteiger partial charge is 0.481 e. The van der Waals surface area contributed by atoms with E-state index in [0.717, 1.165) is 6.07 Å². The van der Waals surface area contributed by atoms with Gasteiger partial charge in [-0.15, -0.1) is 0 Å². The van der Waals surface area contributed by atoms with E-state index in [1.54, 1.807) is 0 Å². The van der Waals surface area contributed by atoms with Gasteiger partial charge in [0.25, 0.3) is 0 Å². The molecule has 0 atom stereocenters. The SMILES string of the molecule is O=C(O)CCCCc1nc(Cc2ccc(F)cc2F)no1. The normalized spacial score (nSPS) is 10.8. The second-order valence-electron chi connectivity index (χ2n) is 4.62. The predicted octanol–water partition coefficient (Wildman–Crippen LogP) is 2.74. The van der Waals surface area contributed by atoms with Crippen molar-refractivity contribution in [2.75, 3.05) is 0 Å². The summed E-state index contributed by atoms with van der Waals surface area (Å²) in [4.78, 5) is 14.5. The van der Waals surface area contributed by atoms with Crippen molar-refractivity contribution >= 4 is 5.97 Å². The summed E-state index contributed by atoms with van der Waals surface area (Å²) in [7, 11) is 0. The first-order chi connectivity index (χ1) is 10.0. The topological polar surface area (TPSA) is 76.2 Å². The molecule has 0 fully saturated rings. The first kappa shape index (κ1) is 15.1. The van der Waals surface area contributed by atoms with Crippen molar-refractivity contribution in [2.24, 2.45) is 0 Å². The fourth-order valence-corrected chi connectivity index (χ4v) is 1.85. The van der Waals surface area contributed by atoms with Gasteiger partial charge >= 0.3 is 5.97 Å². The van der Waals surface area contributed by atoms with Gasteiger partial charge in [0.15, 0.2) is 5.82 Å². The number of carboxylic acids is 1. The van der Waals surface area contributed by atoms with Crippen LogP contribution in [0.15, 0.2) is 22.7 Å². The average Bonchev–Trinajstić information content (AvgIpc) is 2.85. The summed E-state index contributed by atoms with van der Waals surface area (Å²) in [6.07, 6.45) is 1.84. The van der Waals surface area contributed by atoms with Gasteiger partial charge in [0, 0.05) is 25.3 Å². The number of aliphatic carboxylic acids is 1. The smallest absolute Gasteiger partial charge is 0.303 e. The Labute approximate surface area is 119 Å². The molecule has 1 aromatic carbocycles. The predicted molar refractivity (Wildman–Crippen MR) is 68.7 cm³/mol. The number of aryl methyl sites for hydroxylation is 1. The molecule has 0 radical (unpaired) electrons. The maximum atomic E-state index is 13.5. The number of carbonyl (C=O) groups is 1. The van der Waals surface area contributed by atoms with Crippen molar-refractivity contribution in [2.45, 2.75) is 32.1 Å². The average molecular weight is 296 g/mol. The molecule has 1 N–H and O–H groups in total. The van der Waals surface area contributed by atoms with Crippen LogP contribution in [-0.4, -0.2) is 21.2 Å².